The smallest absolute Gasteiger partial charge is 0.407 e. The van der Waals surface area contributed by atoms with Crippen LogP contribution in [-0.4, -0.2) is 66.4 Å². The summed E-state index contributed by atoms with van der Waals surface area (Å²) in [5.74, 6) is -0.0221. The fraction of sp³-hybridized carbons (Fsp3) is 0.387. The lowest BCUT2D eigenvalue weighted by atomic mass is 9.99. The van der Waals surface area contributed by atoms with Crippen LogP contribution in [0.15, 0.2) is 41.3 Å². The number of aryl methyl sites for hydroxylation is 1. The summed E-state index contributed by atoms with van der Waals surface area (Å²) in [4.78, 5) is 43.3. The molecule has 3 aromatic heterocycles. The zero-order valence-electron chi connectivity index (χ0n) is 24.0. The van der Waals surface area contributed by atoms with Gasteiger partial charge in [0, 0.05) is 37.4 Å². The molecule has 0 bridgehead atoms. The molecule has 1 aliphatic heterocycles. The van der Waals surface area contributed by atoms with Gasteiger partial charge in [0.25, 0.3) is 0 Å². The second-order valence-electron chi connectivity index (χ2n) is 11.6. The number of carboxylic acid groups (broad SMARTS) is 1. The summed E-state index contributed by atoms with van der Waals surface area (Å²) in [6, 6.07) is 7.32. The van der Waals surface area contributed by atoms with Gasteiger partial charge in [-0.3, -0.25) is 4.98 Å². The number of hydrogen-bond acceptors (Lipinski definition) is 7. The molecule has 4 heterocycles. The van der Waals surface area contributed by atoms with Crippen LogP contribution in [0.2, 0.25) is 0 Å². The average molecular weight is 573 g/mol. The minimum Gasteiger partial charge on any atom is -0.507 e. The maximum atomic E-state index is 14.5. The number of hydrogen-bond donors (Lipinski definition) is 2. The van der Waals surface area contributed by atoms with E-state index < -0.39 is 17.6 Å². The molecule has 2 aliphatic rings. The van der Waals surface area contributed by atoms with Gasteiger partial charge in [-0.1, -0.05) is 13.8 Å². The number of fused-ring (bicyclic) bond motifs is 1. The van der Waals surface area contributed by atoms with Crippen LogP contribution in [0.5, 0.6) is 5.75 Å². The highest BCUT2D eigenvalue weighted by Crippen LogP contribution is 2.47. The normalized spacial score (nSPS) is 17.3. The number of amides is 1. The highest BCUT2D eigenvalue weighted by molar-refractivity contribution is 5.92. The van der Waals surface area contributed by atoms with Crippen LogP contribution in [-0.2, 0) is 0 Å². The Kier molecular flexibility index (Phi) is 6.83. The Labute approximate surface area is 242 Å². The third-order valence-electron chi connectivity index (χ3n) is 8.20. The number of phenolic OH excluding ortho intramolecular Hbond substituents is 1. The molecule has 2 fully saturated rings. The van der Waals surface area contributed by atoms with Crippen molar-refractivity contribution in [1.82, 2.24) is 24.4 Å². The third-order valence-corrected chi connectivity index (χ3v) is 8.20. The Hall–Kier alpha value is -4.54. The first-order valence-corrected chi connectivity index (χ1v) is 14.2. The van der Waals surface area contributed by atoms with Crippen molar-refractivity contribution in [2.45, 2.75) is 58.4 Å². The van der Waals surface area contributed by atoms with E-state index in [4.69, 9.17) is 4.98 Å². The third kappa shape index (κ3) is 4.72. The maximum Gasteiger partial charge on any atom is 0.407 e. The van der Waals surface area contributed by atoms with E-state index in [2.05, 4.69) is 9.97 Å². The number of rotatable bonds is 5. The van der Waals surface area contributed by atoms with Crippen LogP contribution in [0.3, 0.4) is 0 Å². The predicted molar refractivity (Wildman–Crippen MR) is 157 cm³/mol. The fourth-order valence-electron chi connectivity index (χ4n) is 5.92. The molecule has 1 amide bonds. The molecule has 1 aromatic carbocycles. The minimum atomic E-state index is -0.986. The van der Waals surface area contributed by atoms with E-state index in [1.807, 2.05) is 44.7 Å². The highest BCUT2D eigenvalue weighted by atomic mass is 19.1. The van der Waals surface area contributed by atoms with Crippen LogP contribution in [0.1, 0.15) is 62.3 Å². The number of anilines is 1. The lowest BCUT2D eigenvalue weighted by molar-refractivity contribution is 0.136. The number of halogens is 1. The van der Waals surface area contributed by atoms with Crippen molar-refractivity contribution in [3.8, 4) is 22.7 Å². The SMILES string of the molecule is Cc1ccnc(C(C)C)c1-n1c(=O)nc(N2CCN(C(=O)O)C[C@@H]2C)c2cc(C3CC3)c(-c3cc(F)ccc3O)nc21. The number of piperazine rings is 1. The largest absolute Gasteiger partial charge is 0.507 e. The molecule has 42 heavy (non-hydrogen) atoms. The second kappa shape index (κ2) is 10.4. The lowest BCUT2D eigenvalue weighted by Crippen LogP contribution is -2.54. The molecule has 1 aliphatic carbocycles. The topological polar surface area (TPSA) is 125 Å². The zero-order valence-corrected chi connectivity index (χ0v) is 24.0. The van der Waals surface area contributed by atoms with Crippen molar-refractivity contribution in [3.63, 3.8) is 0 Å². The number of pyridine rings is 2. The first-order chi connectivity index (χ1) is 20.0. The van der Waals surface area contributed by atoms with E-state index in [1.54, 1.807) is 6.20 Å². The van der Waals surface area contributed by atoms with E-state index >= 15 is 0 Å². The van der Waals surface area contributed by atoms with Crippen molar-refractivity contribution < 1.29 is 19.4 Å². The summed E-state index contributed by atoms with van der Waals surface area (Å²) in [5.41, 5.74) is 3.41. The van der Waals surface area contributed by atoms with Crippen molar-refractivity contribution in [3.05, 3.63) is 69.7 Å². The summed E-state index contributed by atoms with van der Waals surface area (Å²) in [6.07, 6.45) is 2.57. The number of benzene rings is 1. The second-order valence-corrected chi connectivity index (χ2v) is 11.6. The lowest BCUT2D eigenvalue weighted by Gasteiger charge is -2.39. The van der Waals surface area contributed by atoms with Crippen LogP contribution >= 0.6 is 0 Å². The Morgan fingerprint density at radius 2 is 1.88 bits per heavy atom. The molecular formula is C31H33FN6O4. The van der Waals surface area contributed by atoms with Crippen molar-refractivity contribution in [2.24, 2.45) is 0 Å². The molecule has 0 unspecified atom stereocenters. The summed E-state index contributed by atoms with van der Waals surface area (Å²) in [7, 11) is 0. The van der Waals surface area contributed by atoms with Gasteiger partial charge in [-0.05, 0) is 80.0 Å². The predicted octanol–water partition coefficient (Wildman–Crippen LogP) is 5.19. The Bertz CT molecular complexity index is 1780. The molecule has 2 N–H and O–H groups in total. The molecule has 10 nitrogen and oxygen atoms in total. The Morgan fingerprint density at radius 1 is 1.12 bits per heavy atom. The molecule has 1 saturated heterocycles. The highest BCUT2D eigenvalue weighted by Gasteiger charge is 2.33. The summed E-state index contributed by atoms with van der Waals surface area (Å²) < 4.78 is 15.9. The van der Waals surface area contributed by atoms with Gasteiger partial charge in [-0.2, -0.15) is 4.98 Å². The summed E-state index contributed by atoms with van der Waals surface area (Å²) >= 11 is 0. The van der Waals surface area contributed by atoms with E-state index in [0.29, 0.717) is 40.5 Å². The number of phenols is 1. The monoisotopic (exact) mass is 572 g/mol. The van der Waals surface area contributed by atoms with Gasteiger partial charge in [0.15, 0.2) is 5.65 Å². The number of aromatic nitrogens is 4. The molecule has 11 heteroatoms. The first-order valence-electron chi connectivity index (χ1n) is 14.2. The number of nitrogens with zero attached hydrogens (tertiary/aromatic N) is 6. The molecule has 6 rings (SSSR count). The van der Waals surface area contributed by atoms with E-state index in [0.717, 1.165) is 24.0 Å². The quantitative estimate of drug-likeness (QED) is 0.335. The Balaban J connectivity index is 1.69. The number of carbonyl (C=O) groups is 1. The van der Waals surface area contributed by atoms with Crippen molar-refractivity contribution in [1.29, 1.82) is 0 Å². The van der Waals surface area contributed by atoms with Crippen molar-refractivity contribution >= 4 is 22.9 Å². The zero-order chi connectivity index (χ0) is 29.9. The maximum absolute atomic E-state index is 14.5. The number of aromatic hydroxyl groups is 1. The minimum absolute atomic E-state index is 0.0110. The standard InChI is InChI=1S/C31H33FN6O4/c1-16(2)25-27(17(3)9-10-33-25)38-29-23(28(35-30(38)40)37-12-11-36(31(41)42)15-18(37)4)14-21(19-5-6-19)26(34-29)22-13-20(32)7-8-24(22)39/h7-10,13-14,16,18-19,39H,5-6,11-12,15H2,1-4H3,(H,41,42)/t18-/m0/s1. The molecule has 0 spiro atoms. The molecular weight excluding hydrogens is 539 g/mol. The van der Waals surface area contributed by atoms with E-state index in [1.165, 1.54) is 27.7 Å². The average Bonchev–Trinajstić information content (AvgIpc) is 3.79. The molecule has 0 radical (unpaired) electrons. The van der Waals surface area contributed by atoms with Crippen LogP contribution < -0.4 is 10.6 Å². The first kappa shape index (κ1) is 27.6. The van der Waals surface area contributed by atoms with Gasteiger partial charge in [-0.15, -0.1) is 0 Å². The van der Waals surface area contributed by atoms with Crippen LogP contribution in [0, 0.1) is 12.7 Å². The fourth-order valence-corrected chi connectivity index (χ4v) is 5.92. The van der Waals surface area contributed by atoms with Gasteiger partial charge in [0.2, 0.25) is 0 Å². The van der Waals surface area contributed by atoms with Crippen LogP contribution in [0.25, 0.3) is 28.0 Å². The molecule has 1 atom stereocenters. The van der Waals surface area contributed by atoms with Crippen molar-refractivity contribution in [2.75, 3.05) is 24.5 Å². The Morgan fingerprint density at radius 3 is 2.55 bits per heavy atom. The molecule has 1 saturated carbocycles. The van der Waals surface area contributed by atoms with Gasteiger partial charge < -0.3 is 20.0 Å². The van der Waals surface area contributed by atoms with E-state index in [-0.39, 0.29) is 42.3 Å². The van der Waals surface area contributed by atoms with E-state index in [9.17, 15) is 24.2 Å². The summed E-state index contributed by atoms with van der Waals surface area (Å²) in [6.45, 7) is 8.69. The molecule has 4 aromatic rings. The van der Waals surface area contributed by atoms with Gasteiger partial charge in [-0.25, -0.2) is 23.5 Å². The molecule has 218 valence electrons. The summed E-state index contributed by atoms with van der Waals surface area (Å²) in [5, 5.41) is 21.0. The van der Waals surface area contributed by atoms with Gasteiger partial charge >= 0.3 is 11.8 Å². The van der Waals surface area contributed by atoms with Gasteiger partial charge in [0.1, 0.15) is 17.4 Å². The van der Waals surface area contributed by atoms with Gasteiger partial charge in [0.05, 0.1) is 22.5 Å². The van der Waals surface area contributed by atoms with Crippen LogP contribution in [0.4, 0.5) is 15.0 Å².